The van der Waals surface area contributed by atoms with E-state index < -0.39 is 5.92 Å². The highest BCUT2D eigenvalue weighted by Gasteiger charge is 2.21. The first-order valence-corrected chi connectivity index (χ1v) is 9.97. The third kappa shape index (κ3) is 8.57. The molecular formula is C18H31N7O3. The smallest absolute Gasteiger partial charge is 0.245 e. The van der Waals surface area contributed by atoms with Crippen molar-refractivity contribution in [3.8, 4) is 0 Å². The number of carbonyl (C=O) groups is 2. The van der Waals surface area contributed by atoms with E-state index in [0.29, 0.717) is 30.1 Å². The van der Waals surface area contributed by atoms with Gasteiger partial charge in [-0.25, -0.2) is 10.0 Å². The number of unbranched alkanes of at least 4 members (excludes halogenated alkanes) is 2. The third-order valence-corrected chi connectivity index (χ3v) is 4.63. The predicted octanol–water partition coefficient (Wildman–Crippen LogP) is 0.901. The number of nitrogens with one attached hydrogen (secondary N) is 3. The maximum Gasteiger partial charge on any atom is 0.245 e. The van der Waals surface area contributed by atoms with Crippen molar-refractivity contribution in [3.63, 3.8) is 0 Å². The summed E-state index contributed by atoms with van der Waals surface area (Å²) in [7, 11) is 0. The summed E-state index contributed by atoms with van der Waals surface area (Å²) in [6.07, 6.45) is 8.41. The molecule has 28 heavy (non-hydrogen) atoms. The first-order valence-electron chi connectivity index (χ1n) is 9.97. The van der Waals surface area contributed by atoms with Gasteiger partial charge in [0, 0.05) is 13.0 Å². The lowest BCUT2D eigenvalue weighted by Crippen LogP contribution is -2.40. The van der Waals surface area contributed by atoms with Crippen molar-refractivity contribution in [1.29, 1.82) is 0 Å². The van der Waals surface area contributed by atoms with Gasteiger partial charge >= 0.3 is 0 Å². The van der Waals surface area contributed by atoms with Crippen LogP contribution in [-0.4, -0.2) is 57.2 Å². The van der Waals surface area contributed by atoms with Gasteiger partial charge in [0.05, 0.1) is 12.5 Å². The van der Waals surface area contributed by atoms with E-state index in [4.69, 9.17) is 0 Å². The molecule has 1 aliphatic carbocycles. The molecule has 1 aromatic rings. The lowest BCUT2D eigenvalue weighted by Gasteiger charge is -2.19. The number of anilines is 1. The molecule has 1 saturated carbocycles. The second-order valence-corrected chi connectivity index (χ2v) is 7.16. The van der Waals surface area contributed by atoms with Crippen LogP contribution in [0.4, 0.5) is 5.95 Å². The van der Waals surface area contributed by atoms with E-state index in [-0.39, 0.29) is 18.4 Å². The fraction of sp³-hybridized carbons (Fsp3) is 0.722. The van der Waals surface area contributed by atoms with Crippen LogP contribution in [0.2, 0.25) is 0 Å². The van der Waals surface area contributed by atoms with E-state index in [1.54, 1.807) is 0 Å². The average molecular weight is 393 g/mol. The van der Waals surface area contributed by atoms with Crippen LogP contribution in [0.5, 0.6) is 0 Å². The van der Waals surface area contributed by atoms with Gasteiger partial charge in [-0.2, -0.15) is 9.97 Å². The molecule has 0 spiro atoms. The highest BCUT2D eigenvalue weighted by atomic mass is 16.5. The van der Waals surface area contributed by atoms with Crippen LogP contribution >= 0.6 is 0 Å². The van der Waals surface area contributed by atoms with Crippen molar-refractivity contribution in [3.05, 3.63) is 12.2 Å². The molecule has 0 saturated heterocycles. The number of hydrogen-bond acceptors (Lipinski definition) is 8. The largest absolute Gasteiger partial charge is 0.316 e. The van der Waals surface area contributed by atoms with E-state index in [1.807, 2.05) is 0 Å². The lowest BCUT2D eigenvalue weighted by molar-refractivity contribution is -0.154. The number of hydrogen-bond donors (Lipinski definition) is 4. The minimum Gasteiger partial charge on any atom is -0.316 e. The Hall–Kier alpha value is -2.33. The van der Waals surface area contributed by atoms with Crippen LogP contribution in [0.25, 0.3) is 0 Å². The Kier molecular flexibility index (Phi) is 9.56. The van der Waals surface area contributed by atoms with Gasteiger partial charge in [0.2, 0.25) is 18.3 Å². The Bertz CT molecular complexity index is 613. The zero-order valence-electron chi connectivity index (χ0n) is 16.4. The van der Waals surface area contributed by atoms with E-state index in [1.165, 1.54) is 19.2 Å². The molecule has 10 nitrogen and oxygen atoms in total. The molecule has 1 aliphatic rings. The van der Waals surface area contributed by atoms with Crippen LogP contribution in [0, 0.1) is 11.8 Å². The number of hydroxylamine groups is 2. The van der Waals surface area contributed by atoms with Crippen molar-refractivity contribution < 1.29 is 14.8 Å². The zero-order valence-corrected chi connectivity index (χ0v) is 16.4. The topological polar surface area (TPSA) is 132 Å². The number of nitrogens with zero attached hydrogens (tertiary/aromatic N) is 4. The maximum atomic E-state index is 12.4. The van der Waals surface area contributed by atoms with Gasteiger partial charge in [-0.3, -0.25) is 25.6 Å². The third-order valence-electron chi connectivity index (χ3n) is 4.63. The van der Waals surface area contributed by atoms with Gasteiger partial charge in [-0.05, 0) is 31.7 Å². The Labute approximate surface area is 165 Å². The minimum absolute atomic E-state index is 0.0597. The van der Waals surface area contributed by atoms with Gasteiger partial charge in [0.15, 0.2) is 0 Å². The molecule has 4 N–H and O–H groups in total. The number of aromatic nitrogens is 3. The molecule has 156 valence electrons. The first-order chi connectivity index (χ1) is 13.6. The number of rotatable bonds is 15. The van der Waals surface area contributed by atoms with E-state index in [9.17, 15) is 14.8 Å². The molecule has 0 unspecified atom stereocenters. The van der Waals surface area contributed by atoms with Gasteiger partial charge in [0.25, 0.3) is 0 Å². The summed E-state index contributed by atoms with van der Waals surface area (Å²) in [4.78, 5) is 35.5. The average Bonchev–Trinajstić information content (AvgIpc) is 3.53. The molecule has 1 atom stereocenters. The van der Waals surface area contributed by atoms with Crippen LogP contribution in [0.1, 0.15) is 51.3 Å². The summed E-state index contributed by atoms with van der Waals surface area (Å²) in [6.45, 7) is 3.84. The van der Waals surface area contributed by atoms with Crippen LogP contribution in [0.15, 0.2) is 6.33 Å². The van der Waals surface area contributed by atoms with Gasteiger partial charge in [0.1, 0.15) is 12.2 Å². The van der Waals surface area contributed by atoms with Gasteiger partial charge in [-0.15, -0.1) is 0 Å². The standard InChI is InChI=1S/C18H31N7O3/c1-2-3-4-5-15(11-25(28)13-26)17(27)23-24-18-21-12-20-16(22-18)8-9-19-10-14-6-7-14/h12-15,19,28H,2-11H2,1H3,(H,23,27)(H,20,21,22,24)/t15-/m1/s1. The summed E-state index contributed by atoms with van der Waals surface area (Å²) >= 11 is 0. The normalized spacial score (nSPS) is 14.4. The van der Waals surface area contributed by atoms with Crippen molar-refractivity contribution in [2.24, 2.45) is 11.8 Å². The van der Waals surface area contributed by atoms with Crippen LogP contribution in [0.3, 0.4) is 0 Å². The fourth-order valence-corrected chi connectivity index (χ4v) is 2.77. The van der Waals surface area contributed by atoms with Crippen molar-refractivity contribution >= 4 is 18.3 Å². The molecule has 2 rings (SSSR count). The second-order valence-electron chi connectivity index (χ2n) is 7.16. The predicted molar refractivity (Wildman–Crippen MR) is 103 cm³/mol. The minimum atomic E-state index is -0.526. The van der Waals surface area contributed by atoms with Gasteiger partial charge < -0.3 is 5.32 Å². The molecule has 1 heterocycles. The molecule has 1 fully saturated rings. The highest BCUT2D eigenvalue weighted by Crippen LogP contribution is 2.27. The molecule has 2 amide bonds. The number of hydrazine groups is 1. The summed E-state index contributed by atoms with van der Waals surface area (Å²) in [5, 5.41) is 13.3. The van der Waals surface area contributed by atoms with Crippen molar-refractivity contribution in [1.82, 2.24) is 30.8 Å². The molecule has 0 aliphatic heterocycles. The molecule has 0 bridgehead atoms. The van der Waals surface area contributed by atoms with Crippen LogP contribution in [-0.2, 0) is 16.0 Å². The lowest BCUT2D eigenvalue weighted by atomic mass is 10.0. The highest BCUT2D eigenvalue weighted by molar-refractivity contribution is 5.80. The van der Waals surface area contributed by atoms with E-state index in [0.717, 1.165) is 38.3 Å². The molecule has 1 aromatic heterocycles. The summed E-state index contributed by atoms with van der Waals surface area (Å²) < 4.78 is 0. The Morgan fingerprint density at radius 3 is 2.93 bits per heavy atom. The Morgan fingerprint density at radius 1 is 1.39 bits per heavy atom. The second kappa shape index (κ2) is 12.2. The number of carbonyl (C=O) groups excluding carboxylic acids is 2. The molecular weight excluding hydrogens is 362 g/mol. The van der Waals surface area contributed by atoms with E-state index >= 15 is 0 Å². The van der Waals surface area contributed by atoms with Crippen LogP contribution < -0.4 is 16.2 Å². The Morgan fingerprint density at radius 2 is 2.21 bits per heavy atom. The maximum absolute atomic E-state index is 12.4. The summed E-state index contributed by atoms with van der Waals surface area (Å²) in [5.74, 6) is 0.860. The summed E-state index contributed by atoms with van der Waals surface area (Å²) in [6, 6.07) is 0. The van der Waals surface area contributed by atoms with Crippen molar-refractivity contribution in [2.45, 2.75) is 51.9 Å². The van der Waals surface area contributed by atoms with Gasteiger partial charge in [-0.1, -0.05) is 26.2 Å². The zero-order chi connectivity index (χ0) is 20.2. The first kappa shape index (κ1) is 22.0. The quantitative estimate of drug-likeness (QED) is 0.150. The molecule has 0 aromatic carbocycles. The van der Waals surface area contributed by atoms with Crippen molar-refractivity contribution in [2.75, 3.05) is 25.1 Å². The molecule has 0 radical (unpaired) electrons. The fourth-order valence-electron chi connectivity index (χ4n) is 2.77. The Balaban J connectivity index is 1.78. The number of amides is 2. The summed E-state index contributed by atoms with van der Waals surface area (Å²) in [5.41, 5.74) is 5.26. The monoisotopic (exact) mass is 393 g/mol. The SMILES string of the molecule is CCCCC[C@H](CN(O)C=O)C(=O)NNc1ncnc(CCNCC2CC2)n1. The molecule has 10 heteroatoms. The van der Waals surface area contributed by atoms with E-state index in [2.05, 4.69) is 38.0 Å².